The van der Waals surface area contributed by atoms with Gasteiger partial charge in [-0.05, 0) is 17.5 Å². The quantitative estimate of drug-likeness (QED) is 0.753. The van der Waals surface area contributed by atoms with Crippen molar-refractivity contribution >= 4 is 28.7 Å². The van der Waals surface area contributed by atoms with E-state index in [2.05, 4.69) is 0 Å². The van der Waals surface area contributed by atoms with Crippen LogP contribution in [0.2, 0.25) is 0 Å². The van der Waals surface area contributed by atoms with E-state index in [1.165, 1.54) is 16.2 Å². The van der Waals surface area contributed by atoms with Crippen molar-refractivity contribution in [2.24, 2.45) is 0 Å². The van der Waals surface area contributed by atoms with Gasteiger partial charge in [0.1, 0.15) is 11.4 Å². The predicted molar refractivity (Wildman–Crippen MR) is 99.5 cm³/mol. The predicted octanol–water partition coefficient (Wildman–Crippen LogP) is 1.96. The number of aliphatic hydroxyl groups excluding tert-OH is 1. The second kappa shape index (κ2) is 7.72. The first-order chi connectivity index (χ1) is 12.6. The number of aliphatic hydroxyl groups is 1. The third-order valence-electron chi connectivity index (χ3n) is 4.25. The number of para-hydroxylation sites is 1. The molecule has 0 atom stereocenters. The SMILES string of the molecule is COc1ccccc1CN1C(=O)C(c2cccs2)=C(N(C)CCO)C1=O. The lowest BCUT2D eigenvalue weighted by atomic mass is 10.1. The topological polar surface area (TPSA) is 70.1 Å². The van der Waals surface area contributed by atoms with Crippen molar-refractivity contribution in [3.8, 4) is 5.75 Å². The van der Waals surface area contributed by atoms with Gasteiger partial charge >= 0.3 is 0 Å². The molecule has 0 fully saturated rings. The van der Waals surface area contributed by atoms with E-state index in [1.807, 2.05) is 35.7 Å². The molecule has 0 aliphatic carbocycles. The van der Waals surface area contributed by atoms with Crippen molar-refractivity contribution in [1.29, 1.82) is 0 Å². The molecule has 136 valence electrons. The van der Waals surface area contributed by atoms with Gasteiger partial charge in [-0.25, -0.2) is 0 Å². The average Bonchev–Trinajstić information content (AvgIpc) is 3.24. The fourth-order valence-electron chi connectivity index (χ4n) is 2.97. The summed E-state index contributed by atoms with van der Waals surface area (Å²) in [6, 6.07) is 11.0. The van der Waals surface area contributed by atoms with E-state index < -0.39 is 0 Å². The number of thiophene rings is 1. The molecule has 2 aromatic rings. The summed E-state index contributed by atoms with van der Waals surface area (Å²) in [7, 11) is 3.26. The zero-order valence-corrected chi connectivity index (χ0v) is 15.5. The lowest BCUT2D eigenvalue weighted by Crippen LogP contribution is -2.34. The minimum atomic E-state index is -0.361. The average molecular weight is 372 g/mol. The van der Waals surface area contributed by atoms with Gasteiger partial charge in [0, 0.05) is 24.0 Å². The molecule has 0 spiro atoms. The summed E-state index contributed by atoms with van der Waals surface area (Å²) in [6.45, 7) is 0.296. The number of amides is 2. The number of carbonyl (C=O) groups excluding carboxylic acids is 2. The Kier molecular flexibility index (Phi) is 5.39. The zero-order valence-electron chi connectivity index (χ0n) is 14.6. The summed E-state index contributed by atoms with van der Waals surface area (Å²) >= 11 is 1.41. The maximum absolute atomic E-state index is 13.1. The molecule has 2 heterocycles. The van der Waals surface area contributed by atoms with Crippen molar-refractivity contribution in [3.63, 3.8) is 0 Å². The highest BCUT2D eigenvalue weighted by Crippen LogP contribution is 2.35. The molecule has 0 radical (unpaired) electrons. The smallest absolute Gasteiger partial charge is 0.278 e. The normalized spacial score (nSPS) is 14.3. The number of ether oxygens (including phenoxy) is 1. The third-order valence-corrected chi connectivity index (χ3v) is 5.14. The van der Waals surface area contributed by atoms with E-state index in [0.29, 0.717) is 17.0 Å². The standard InChI is InChI=1S/C19H20N2O4S/c1-20(9-10-22)17-16(15-8-5-11-26-15)18(23)21(19(17)24)12-13-6-3-4-7-14(13)25-2/h3-8,11,22H,9-10,12H2,1-2H3. The fraction of sp³-hybridized carbons (Fsp3) is 0.263. The molecule has 3 rings (SSSR count). The molecule has 1 aliphatic heterocycles. The Balaban J connectivity index is 1.99. The van der Waals surface area contributed by atoms with Crippen LogP contribution in [-0.2, 0) is 16.1 Å². The highest BCUT2D eigenvalue weighted by molar-refractivity contribution is 7.11. The molecule has 1 aliphatic rings. The van der Waals surface area contributed by atoms with Crippen LogP contribution < -0.4 is 4.74 Å². The summed E-state index contributed by atoms with van der Waals surface area (Å²) in [6.07, 6.45) is 0. The van der Waals surface area contributed by atoms with Crippen LogP contribution in [0.5, 0.6) is 5.75 Å². The highest BCUT2D eigenvalue weighted by atomic mass is 32.1. The molecule has 0 unspecified atom stereocenters. The van der Waals surface area contributed by atoms with Gasteiger partial charge in [-0.2, -0.15) is 0 Å². The summed E-state index contributed by atoms with van der Waals surface area (Å²) in [5.74, 6) is -0.0636. The minimum Gasteiger partial charge on any atom is -0.496 e. The molecular weight excluding hydrogens is 352 g/mol. The van der Waals surface area contributed by atoms with Gasteiger partial charge in [0.25, 0.3) is 11.8 Å². The number of methoxy groups -OCH3 is 1. The first kappa shape index (κ1) is 18.2. The molecule has 0 saturated carbocycles. The number of hydrogen-bond acceptors (Lipinski definition) is 6. The first-order valence-corrected chi connectivity index (χ1v) is 9.04. The minimum absolute atomic E-state index is 0.105. The maximum atomic E-state index is 13.1. The molecule has 1 aromatic heterocycles. The zero-order chi connectivity index (χ0) is 18.7. The Morgan fingerprint density at radius 1 is 1.15 bits per heavy atom. The lowest BCUT2D eigenvalue weighted by molar-refractivity contribution is -0.138. The van der Waals surface area contributed by atoms with Gasteiger partial charge in [0.05, 0.1) is 25.8 Å². The van der Waals surface area contributed by atoms with Gasteiger partial charge in [-0.1, -0.05) is 24.3 Å². The first-order valence-electron chi connectivity index (χ1n) is 8.16. The Morgan fingerprint density at radius 2 is 1.92 bits per heavy atom. The number of rotatable bonds is 7. The number of hydrogen-bond donors (Lipinski definition) is 1. The second-order valence-corrected chi connectivity index (χ2v) is 6.80. The van der Waals surface area contributed by atoms with Crippen molar-refractivity contribution in [2.75, 3.05) is 27.3 Å². The Hall–Kier alpha value is -2.64. The van der Waals surface area contributed by atoms with E-state index in [0.717, 1.165) is 10.4 Å². The number of imide groups is 1. The maximum Gasteiger partial charge on any atom is 0.278 e. The Labute approximate surface area is 155 Å². The molecule has 1 aromatic carbocycles. The van der Waals surface area contributed by atoms with Gasteiger partial charge in [0.15, 0.2) is 0 Å². The molecular formula is C19H20N2O4S. The summed E-state index contributed by atoms with van der Waals surface area (Å²) in [5, 5.41) is 11.1. The molecule has 1 N–H and O–H groups in total. The van der Waals surface area contributed by atoms with Gasteiger partial charge in [0.2, 0.25) is 0 Å². The van der Waals surface area contributed by atoms with Crippen LogP contribution >= 0.6 is 11.3 Å². The van der Waals surface area contributed by atoms with E-state index in [-0.39, 0.29) is 31.5 Å². The third kappa shape index (κ3) is 3.23. The highest BCUT2D eigenvalue weighted by Gasteiger charge is 2.41. The number of carbonyl (C=O) groups is 2. The number of likely N-dealkylation sites (N-methyl/N-ethyl adjacent to an activating group) is 1. The van der Waals surface area contributed by atoms with Crippen molar-refractivity contribution < 1.29 is 19.4 Å². The Bertz CT molecular complexity index is 845. The lowest BCUT2D eigenvalue weighted by Gasteiger charge is -2.21. The largest absolute Gasteiger partial charge is 0.496 e. The molecule has 0 saturated heterocycles. The number of nitrogens with zero attached hydrogens (tertiary/aromatic N) is 2. The monoisotopic (exact) mass is 372 g/mol. The van der Waals surface area contributed by atoms with E-state index in [4.69, 9.17) is 4.74 Å². The summed E-state index contributed by atoms with van der Waals surface area (Å²) in [5.41, 5.74) is 1.46. The number of benzene rings is 1. The molecule has 6 nitrogen and oxygen atoms in total. The van der Waals surface area contributed by atoms with Crippen molar-refractivity contribution in [2.45, 2.75) is 6.54 Å². The van der Waals surface area contributed by atoms with E-state index in [1.54, 1.807) is 25.1 Å². The molecule has 0 bridgehead atoms. The summed E-state index contributed by atoms with van der Waals surface area (Å²) in [4.78, 5) is 29.7. The van der Waals surface area contributed by atoms with Crippen LogP contribution in [0.4, 0.5) is 0 Å². The van der Waals surface area contributed by atoms with Crippen molar-refractivity contribution in [3.05, 3.63) is 57.9 Å². The van der Waals surface area contributed by atoms with Crippen LogP contribution in [0.3, 0.4) is 0 Å². The van der Waals surface area contributed by atoms with Crippen LogP contribution in [0.1, 0.15) is 10.4 Å². The van der Waals surface area contributed by atoms with Crippen molar-refractivity contribution in [1.82, 2.24) is 9.80 Å². The molecule has 7 heteroatoms. The van der Waals surface area contributed by atoms with Gasteiger partial charge < -0.3 is 14.7 Å². The fourth-order valence-corrected chi connectivity index (χ4v) is 3.73. The summed E-state index contributed by atoms with van der Waals surface area (Å²) < 4.78 is 5.33. The Morgan fingerprint density at radius 3 is 2.58 bits per heavy atom. The molecule has 2 amide bonds. The van der Waals surface area contributed by atoms with E-state index >= 15 is 0 Å². The van der Waals surface area contributed by atoms with Crippen LogP contribution in [0.15, 0.2) is 47.5 Å². The molecule has 26 heavy (non-hydrogen) atoms. The van der Waals surface area contributed by atoms with Crippen LogP contribution in [-0.4, -0.2) is 54.0 Å². The van der Waals surface area contributed by atoms with Crippen LogP contribution in [0.25, 0.3) is 5.57 Å². The van der Waals surface area contributed by atoms with Gasteiger partial charge in [-0.15, -0.1) is 11.3 Å². The van der Waals surface area contributed by atoms with E-state index in [9.17, 15) is 14.7 Å². The van der Waals surface area contributed by atoms with Crippen LogP contribution in [0, 0.1) is 0 Å². The second-order valence-electron chi connectivity index (χ2n) is 5.85. The van der Waals surface area contributed by atoms with Gasteiger partial charge in [-0.3, -0.25) is 14.5 Å².